The molecule has 1 aromatic rings. The van der Waals surface area contributed by atoms with Crippen LogP contribution in [0.3, 0.4) is 0 Å². The number of alkyl halides is 1. The monoisotopic (exact) mass is 508 g/mol. The second kappa shape index (κ2) is 24.0. The van der Waals surface area contributed by atoms with E-state index < -0.39 is 11.9 Å². The lowest BCUT2D eigenvalue weighted by Crippen LogP contribution is -2.15. The molecule has 0 saturated carbocycles. The smallest absolute Gasteiger partial charge is 0.335 e. The van der Waals surface area contributed by atoms with Crippen LogP contribution < -0.4 is 0 Å². The fourth-order valence-corrected chi connectivity index (χ4v) is 2.05. The van der Waals surface area contributed by atoms with Crippen molar-refractivity contribution in [1.29, 1.82) is 0 Å². The highest BCUT2D eigenvalue weighted by Crippen LogP contribution is 2.07. The van der Waals surface area contributed by atoms with Crippen LogP contribution in [-0.2, 0) is 39.2 Å². The van der Waals surface area contributed by atoms with Crippen molar-refractivity contribution in [3.8, 4) is 0 Å². The van der Waals surface area contributed by atoms with Gasteiger partial charge in [0.1, 0.15) is 6.61 Å². The van der Waals surface area contributed by atoms with Crippen LogP contribution in [0, 0.1) is 0 Å². The van der Waals surface area contributed by atoms with E-state index in [1.54, 1.807) is 6.92 Å². The van der Waals surface area contributed by atoms with E-state index in [9.17, 15) is 14.4 Å². The molecule has 1 aromatic carbocycles. The molecular weight excluding hydrogens is 472 g/mol. The van der Waals surface area contributed by atoms with E-state index in [0.29, 0.717) is 19.1 Å². The Morgan fingerprint density at radius 3 is 1.94 bits per heavy atom. The molecule has 0 heterocycles. The lowest BCUT2D eigenvalue weighted by atomic mass is 10.1. The van der Waals surface area contributed by atoms with Crippen molar-refractivity contribution in [1.82, 2.24) is 0 Å². The molecule has 0 unspecified atom stereocenters. The average molecular weight is 509 g/mol. The summed E-state index contributed by atoms with van der Waals surface area (Å²) in [5.41, 5.74) is 2.53. The molecule has 0 fully saturated rings. The van der Waals surface area contributed by atoms with Crippen LogP contribution in [-0.4, -0.2) is 50.9 Å². The molecule has 35 heavy (non-hydrogen) atoms. The van der Waals surface area contributed by atoms with Gasteiger partial charge in [0.05, 0.1) is 32.0 Å². The molecule has 0 aliphatic heterocycles. The molecule has 0 bridgehead atoms. The van der Waals surface area contributed by atoms with Crippen LogP contribution in [0.5, 0.6) is 0 Å². The van der Waals surface area contributed by atoms with Gasteiger partial charge >= 0.3 is 17.9 Å². The van der Waals surface area contributed by atoms with Gasteiger partial charge in [0.25, 0.3) is 0 Å². The van der Waals surface area contributed by atoms with Crippen molar-refractivity contribution < 1.29 is 33.3 Å². The lowest BCUT2D eigenvalue weighted by molar-refractivity contribution is -0.141. The average Bonchev–Trinajstić information content (AvgIpc) is 2.89. The van der Waals surface area contributed by atoms with Crippen molar-refractivity contribution in [2.24, 2.45) is 0 Å². The number of unbranched alkanes of at least 4 members (excludes halogenated alkanes) is 1. The summed E-state index contributed by atoms with van der Waals surface area (Å²) in [6, 6.07) is 8.02. The molecule has 8 heteroatoms. The van der Waals surface area contributed by atoms with Crippen molar-refractivity contribution >= 4 is 35.6 Å². The van der Waals surface area contributed by atoms with E-state index in [0.717, 1.165) is 36.1 Å². The van der Waals surface area contributed by atoms with E-state index in [-0.39, 0.29) is 31.4 Å². The lowest BCUT2D eigenvalue weighted by Gasteiger charge is -2.07. The first kappa shape index (κ1) is 34.0. The summed E-state index contributed by atoms with van der Waals surface area (Å²) in [7, 11) is 0. The fraction of sp³-hybridized carbons (Fsp3) is 0.370. The molecule has 0 N–H and O–H groups in total. The number of ether oxygens (including phenoxy) is 4. The third kappa shape index (κ3) is 21.1. The van der Waals surface area contributed by atoms with Gasteiger partial charge in [-0.3, -0.25) is 0 Å². The summed E-state index contributed by atoms with van der Waals surface area (Å²) < 4.78 is 19.2. The number of rotatable bonds is 14. The Morgan fingerprint density at radius 1 is 0.886 bits per heavy atom. The highest BCUT2D eigenvalue weighted by Gasteiger charge is 2.08. The maximum Gasteiger partial charge on any atom is 0.335 e. The minimum atomic E-state index is -0.503. The topological polar surface area (TPSA) is 88.1 Å². The van der Waals surface area contributed by atoms with Crippen LogP contribution >= 0.6 is 11.6 Å². The third-order valence-electron chi connectivity index (χ3n) is 3.76. The van der Waals surface area contributed by atoms with E-state index >= 15 is 0 Å². The second-order valence-electron chi connectivity index (χ2n) is 6.55. The SMILES string of the molecule is C=CC(=O)OCC.C=CC(=O)OCCOCC(=C)C(=O)OCCCC.C=Cc1ccc(CCl)cc1. The van der Waals surface area contributed by atoms with Crippen LogP contribution in [0.1, 0.15) is 37.8 Å². The van der Waals surface area contributed by atoms with E-state index in [1.807, 2.05) is 37.3 Å². The van der Waals surface area contributed by atoms with Crippen molar-refractivity contribution in [2.45, 2.75) is 32.6 Å². The number of halogens is 1. The van der Waals surface area contributed by atoms with Crippen LogP contribution in [0.25, 0.3) is 6.08 Å². The number of benzene rings is 1. The molecule has 0 aromatic heterocycles. The van der Waals surface area contributed by atoms with Gasteiger partial charge in [-0.2, -0.15) is 0 Å². The maximum absolute atomic E-state index is 11.3. The highest BCUT2D eigenvalue weighted by atomic mass is 35.5. The second-order valence-corrected chi connectivity index (χ2v) is 6.82. The van der Waals surface area contributed by atoms with Gasteiger partial charge in [0.2, 0.25) is 0 Å². The van der Waals surface area contributed by atoms with Crippen LogP contribution in [0.4, 0.5) is 0 Å². The van der Waals surface area contributed by atoms with Gasteiger partial charge < -0.3 is 18.9 Å². The number of hydrogen-bond donors (Lipinski definition) is 0. The molecule has 194 valence electrons. The number of carbonyl (C=O) groups is 3. The molecule has 0 radical (unpaired) electrons. The Bertz CT molecular complexity index is 785. The van der Waals surface area contributed by atoms with Gasteiger partial charge in [-0.1, -0.05) is 70.0 Å². The molecule has 0 saturated heterocycles. The van der Waals surface area contributed by atoms with Gasteiger partial charge in [-0.05, 0) is 24.5 Å². The van der Waals surface area contributed by atoms with Gasteiger partial charge in [-0.25, -0.2) is 14.4 Å². The maximum atomic E-state index is 11.3. The molecule has 0 spiro atoms. The fourth-order valence-electron chi connectivity index (χ4n) is 1.87. The molecule has 1 rings (SSSR count). The number of carbonyl (C=O) groups excluding carboxylic acids is 3. The van der Waals surface area contributed by atoms with Crippen LogP contribution in [0.15, 0.2) is 68.3 Å². The molecule has 0 atom stereocenters. The Hall–Kier alpha value is -3.16. The molecular formula is C27H37ClO7. The van der Waals surface area contributed by atoms with Gasteiger partial charge in [-0.15, -0.1) is 11.6 Å². The first-order valence-electron chi connectivity index (χ1n) is 11.1. The number of esters is 3. The Labute approximate surface area is 214 Å². The van der Waals surface area contributed by atoms with Crippen molar-refractivity contribution in [2.75, 3.05) is 33.0 Å². The Balaban J connectivity index is 0. The summed E-state index contributed by atoms with van der Waals surface area (Å²) >= 11 is 5.60. The standard InChI is InChI=1S/C13H20O5.C9H9Cl.C5H8O2/c1-4-6-7-18-13(15)11(3)10-16-8-9-17-12(14)5-2;1-2-8-3-5-9(7-10)6-4-8;1-3-5(6)7-4-2/h5H,2-4,6-10H2,1H3;2-6H,1,7H2;3H,1,4H2,2H3. The van der Waals surface area contributed by atoms with Crippen molar-refractivity contribution in [3.63, 3.8) is 0 Å². The summed E-state index contributed by atoms with van der Waals surface area (Å²) in [4.78, 5) is 32.1. The van der Waals surface area contributed by atoms with E-state index in [4.69, 9.17) is 21.1 Å². The predicted molar refractivity (Wildman–Crippen MR) is 140 cm³/mol. The molecule has 7 nitrogen and oxygen atoms in total. The Kier molecular flexibility index (Phi) is 23.3. The Morgan fingerprint density at radius 2 is 1.49 bits per heavy atom. The molecule has 0 amide bonds. The summed E-state index contributed by atoms with van der Waals surface area (Å²) in [6.45, 7) is 18.6. The quantitative estimate of drug-likeness (QED) is 0.109. The van der Waals surface area contributed by atoms with Gasteiger partial charge in [0.15, 0.2) is 0 Å². The normalized spacial score (nSPS) is 9.11. The molecule has 0 aliphatic rings. The predicted octanol–water partition coefficient (Wildman–Crippen LogP) is 5.44. The van der Waals surface area contributed by atoms with Gasteiger partial charge in [0, 0.05) is 18.0 Å². The molecule has 0 aliphatic carbocycles. The first-order chi connectivity index (χ1) is 16.8. The van der Waals surface area contributed by atoms with E-state index in [1.165, 1.54) is 0 Å². The summed E-state index contributed by atoms with van der Waals surface area (Å²) in [5.74, 6) is -0.734. The third-order valence-corrected chi connectivity index (χ3v) is 4.07. The highest BCUT2D eigenvalue weighted by molar-refractivity contribution is 6.17. The summed E-state index contributed by atoms with van der Waals surface area (Å²) in [6.07, 6.45) is 5.83. The van der Waals surface area contributed by atoms with E-state index in [2.05, 4.69) is 35.8 Å². The summed E-state index contributed by atoms with van der Waals surface area (Å²) in [5, 5.41) is 0. The minimum Gasteiger partial charge on any atom is -0.463 e. The van der Waals surface area contributed by atoms with Crippen LogP contribution in [0.2, 0.25) is 0 Å². The van der Waals surface area contributed by atoms with Crippen molar-refractivity contribution in [3.05, 3.63) is 79.4 Å². The zero-order chi connectivity index (χ0) is 26.9. The zero-order valence-corrected chi connectivity index (χ0v) is 21.5. The largest absolute Gasteiger partial charge is 0.463 e. The zero-order valence-electron chi connectivity index (χ0n) is 20.8. The first-order valence-corrected chi connectivity index (χ1v) is 11.6. The minimum absolute atomic E-state index is 0.0661. The number of hydrogen-bond acceptors (Lipinski definition) is 7.